The van der Waals surface area contributed by atoms with Crippen molar-refractivity contribution in [3.8, 4) is 11.5 Å². The van der Waals surface area contributed by atoms with Crippen LogP contribution in [0.4, 0.5) is 0 Å². The molecule has 1 N–H and O–H groups in total. The summed E-state index contributed by atoms with van der Waals surface area (Å²) in [5.41, 5.74) is 1.19. The highest BCUT2D eigenvalue weighted by molar-refractivity contribution is 5.42. The highest BCUT2D eigenvalue weighted by Crippen LogP contribution is 2.31. The highest BCUT2D eigenvalue weighted by atomic mass is 16.5. The van der Waals surface area contributed by atoms with Crippen LogP contribution in [0.25, 0.3) is 0 Å². The van der Waals surface area contributed by atoms with E-state index in [1.54, 1.807) is 14.2 Å². The molecule has 20 heavy (non-hydrogen) atoms. The molecule has 0 bridgehead atoms. The van der Waals surface area contributed by atoms with Crippen LogP contribution in [-0.4, -0.2) is 42.9 Å². The van der Waals surface area contributed by atoms with Gasteiger partial charge in [-0.25, -0.2) is 0 Å². The van der Waals surface area contributed by atoms with Gasteiger partial charge in [0.05, 0.1) is 20.3 Å². The molecule has 0 spiro atoms. The van der Waals surface area contributed by atoms with Gasteiger partial charge in [0.25, 0.3) is 0 Å². The first kappa shape index (κ1) is 15.1. The molecule has 1 aliphatic rings. The number of aliphatic hydroxyl groups excluding tert-OH is 1. The van der Waals surface area contributed by atoms with Crippen molar-refractivity contribution in [3.05, 3.63) is 23.8 Å². The number of nitrogens with zero attached hydrogens (tertiary/aromatic N) is 1. The first-order chi connectivity index (χ1) is 9.67. The fraction of sp³-hybridized carbons (Fsp3) is 0.625. The molecule has 0 aromatic heterocycles. The van der Waals surface area contributed by atoms with Crippen LogP contribution in [0.15, 0.2) is 18.2 Å². The largest absolute Gasteiger partial charge is 0.493 e. The normalized spacial score (nSPS) is 16.2. The van der Waals surface area contributed by atoms with Gasteiger partial charge in [0, 0.05) is 19.1 Å². The van der Waals surface area contributed by atoms with Crippen molar-refractivity contribution in [2.24, 2.45) is 0 Å². The van der Waals surface area contributed by atoms with E-state index in [1.165, 1.54) is 18.4 Å². The second-order valence-electron chi connectivity index (χ2n) is 5.41. The molecule has 0 aliphatic heterocycles. The van der Waals surface area contributed by atoms with Crippen molar-refractivity contribution >= 4 is 0 Å². The van der Waals surface area contributed by atoms with Gasteiger partial charge in [-0.2, -0.15) is 0 Å². The fourth-order valence-electron chi connectivity index (χ4n) is 2.40. The maximum Gasteiger partial charge on any atom is 0.161 e. The van der Waals surface area contributed by atoms with Crippen molar-refractivity contribution in [3.63, 3.8) is 0 Å². The fourth-order valence-corrected chi connectivity index (χ4v) is 2.40. The number of aliphatic hydroxyl groups is 1. The Balaban J connectivity index is 2.06. The van der Waals surface area contributed by atoms with Crippen LogP contribution in [0.2, 0.25) is 0 Å². The quantitative estimate of drug-likeness (QED) is 0.793. The Kier molecular flexibility index (Phi) is 5.26. The summed E-state index contributed by atoms with van der Waals surface area (Å²) in [7, 11) is 3.30. The minimum atomic E-state index is -0.240. The van der Waals surface area contributed by atoms with Crippen molar-refractivity contribution < 1.29 is 14.6 Å². The lowest BCUT2D eigenvalue weighted by molar-refractivity contribution is 0.101. The lowest BCUT2D eigenvalue weighted by Gasteiger charge is -2.24. The van der Waals surface area contributed by atoms with E-state index in [9.17, 15) is 5.11 Å². The summed E-state index contributed by atoms with van der Waals surface area (Å²) in [6.45, 7) is 3.61. The van der Waals surface area contributed by atoms with Crippen LogP contribution in [0.3, 0.4) is 0 Å². The van der Waals surface area contributed by atoms with E-state index in [0.29, 0.717) is 6.04 Å². The number of rotatable bonds is 8. The van der Waals surface area contributed by atoms with Crippen molar-refractivity contribution in [2.75, 3.05) is 20.8 Å². The Hall–Kier alpha value is -1.26. The lowest BCUT2D eigenvalue weighted by Crippen LogP contribution is -2.33. The molecular weight excluding hydrogens is 254 g/mol. The van der Waals surface area contributed by atoms with Crippen LogP contribution in [0.1, 0.15) is 31.7 Å². The molecule has 2 rings (SSSR count). The molecule has 0 amide bonds. The van der Waals surface area contributed by atoms with E-state index in [2.05, 4.69) is 11.0 Å². The molecule has 0 saturated heterocycles. The molecule has 4 heteroatoms. The standard InChI is InChI=1S/C16H25NO3/c1-4-14(18)11-17(13-6-7-13)10-12-5-8-15(19-2)16(9-12)20-3/h5,8-9,13-14,18H,4,6-7,10-11H2,1-3H3. The summed E-state index contributed by atoms with van der Waals surface area (Å²) in [4.78, 5) is 2.37. The first-order valence-corrected chi connectivity index (χ1v) is 7.31. The molecule has 1 fully saturated rings. The molecule has 1 aromatic rings. The Morgan fingerprint density at radius 3 is 2.50 bits per heavy atom. The predicted octanol–water partition coefficient (Wildman–Crippen LogP) is 2.44. The van der Waals surface area contributed by atoms with Crippen LogP contribution in [0.5, 0.6) is 11.5 Å². The molecule has 0 heterocycles. The predicted molar refractivity (Wildman–Crippen MR) is 79.3 cm³/mol. The SMILES string of the molecule is CCC(O)CN(Cc1ccc(OC)c(OC)c1)C1CC1. The number of ether oxygens (including phenoxy) is 2. The summed E-state index contributed by atoms with van der Waals surface area (Å²) in [5, 5.41) is 9.88. The molecule has 112 valence electrons. The van der Waals surface area contributed by atoms with Gasteiger partial charge in [-0.3, -0.25) is 4.90 Å². The van der Waals surface area contributed by atoms with Crippen molar-refractivity contribution in [1.82, 2.24) is 4.90 Å². The van der Waals surface area contributed by atoms with Crippen molar-refractivity contribution in [1.29, 1.82) is 0 Å². The van der Waals surface area contributed by atoms with Gasteiger partial charge < -0.3 is 14.6 Å². The number of hydrogen-bond acceptors (Lipinski definition) is 4. The third kappa shape index (κ3) is 3.87. The van der Waals surface area contributed by atoms with Gasteiger partial charge in [0.2, 0.25) is 0 Å². The second-order valence-corrected chi connectivity index (χ2v) is 5.41. The minimum Gasteiger partial charge on any atom is -0.493 e. The van der Waals surface area contributed by atoms with E-state index >= 15 is 0 Å². The summed E-state index contributed by atoms with van der Waals surface area (Å²) in [5.74, 6) is 1.51. The molecule has 1 unspecified atom stereocenters. The maximum atomic E-state index is 9.88. The smallest absolute Gasteiger partial charge is 0.161 e. The van der Waals surface area contributed by atoms with Crippen LogP contribution in [0, 0.1) is 0 Å². The van der Waals surface area contributed by atoms with Crippen LogP contribution in [-0.2, 0) is 6.54 Å². The Morgan fingerprint density at radius 1 is 1.25 bits per heavy atom. The Bertz CT molecular complexity index is 432. The summed E-state index contributed by atoms with van der Waals surface area (Å²) in [6.07, 6.45) is 3.04. The first-order valence-electron chi connectivity index (χ1n) is 7.31. The van der Waals surface area contributed by atoms with Crippen molar-refractivity contribution in [2.45, 2.75) is 44.9 Å². The van der Waals surface area contributed by atoms with E-state index in [-0.39, 0.29) is 6.10 Å². The number of benzene rings is 1. The molecule has 1 saturated carbocycles. The average molecular weight is 279 g/mol. The molecule has 1 atom stereocenters. The lowest BCUT2D eigenvalue weighted by atomic mass is 10.1. The van der Waals surface area contributed by atoms with E-state index < -0.39 is 0 Å². The zero-order chi connectivity index (χ0) is 14.5. The van der Waals surface area contributed by atoms with Crippen LogP contribution >= 0.6 is 0 Å². The summed E-state index contributed by atoms with van der Waals surface area (Å²) >= 11 is 0. The molecule has 1 aliphatic carbocycles. The summed E-state index contributed by atoms with van der Waals surface area (Å²) in [6, 6.07) is 6.65. The van der Waals surface area contributed by atoms with Gasteiger partial charge in [0.15, 0.2) is 11.5 Å². The zero-order valence-electron chi connectivity index (χ0n) is 12.6. The molecule has 4 nitrogen and oxygen atoms in total. The van der Waals surface area contributed by atoms with Gasteiger partial charge in [-0.1, -0.05) is 13.0 Å². The Morgan fingerprint density at radius 2 is 1.95 bits per heavy atom. The van der Waals surface area contributed by atoms with E-state index in [0.717, 1.165) is 31.0 Å². The zero-order valence-corrected chi connectivity index (χ0v) is 12.6. The Labute approximate surface area is 121 Å². The van der Waals surface area contributed by atoms with Crippen LogP contribution < -0.4 is 9.47 Å². The molecule has 0 radical (unpaired) electrons. The van der Waals surface area contributed by atoms with Gasteiger partial charge >= 0.3 is 0 Å². The minimum absolute atomic E-state index is 0.240. The third-order valence-corrected chi connectivity index (χ3v) is 3.81. The molecular formula is C16H25NO3. The number of hydrogen-bond donors (Lipinski definition) is 1. The second kappa shape index (κ2) is 6.95. The summed E-state index contributed by atoms with van der Waals surface area (Å²) < 4.78 is 10.6. The van der Waals surface area contributed by atoms with Gasteiger partial charge in [-0.15, -0.1) is 0 Å². The number of methoxy groups -OCH3 is 2. The van der Waals surface area contributed by atoms with E-state index in [1.807, 2.05) is 19.1 Å². The maximum absolute atomic E-state index is 9.88. The highest BCUT2D eigenvalue weighted by Gasteiger charge is 2.30. The molecule has 1 aromatic carbocycles. The third-order valence-electron chi connectivity index (χ3n) is 3.81. The van der Waals surface area contributed by atoms with Gasteiger partial charge in [-0.05, 0) is 37.0 Å². The van der Waals surface area contributed by atoms with Gasteiger partial charge in [0.1, 0.15) is 0 Å². The monoisotopic (exact) mass is 279 g/mol. The van der Waals surface area contributed by atoms with E-state index in [4.69, 9.17) is 9.47 Å². The topological polar surface area (TPSA) is 41.9 Å². The average Bonchev–Trinajstić information content (AvgIpc) is 3.30.